The van der Waals surface area contributed by atoms with E-state index in [0.29, 0.717) is 30.5 Å². The topological polar surface area (TPSA) is 65.0 Å². The van der Waals surface area contributed by atoms with Gasteiger partial charge in [-0.25, -0.2) is 4.98 Å². The average molecular weight is 406 g/mol. The summed E-state index contributed by atoms with van der Waals surface area (Å²) in [6.45, 7) is 1.32. The molecule has 1 aliphatic heterocycles. The number of ether oxygens (including phenoxy) is 2. The van der Waals surface area contributed by atoms with Gasteiger partial charge in [0.2, 0.25) is 0 Å². The number of hydrogen-bond acceptors (Lipinski definition) is 4. The number of alkyl halides is 3. The van der Waals surface area contributed by atoms with Crippen LogP contribution in [0.4, 0.5) is 13.2 Å². The van der Waals surface area contributed by atoms with Crippen LogP contribution in [-0.4, -0.2) is 38.7 Å². The highest BCUT2D eigenvalue weighted by atomic mass is 19.4. The lowest BCUT2D eigenvalue weighted by atomic mass is 9.83. The van der Waals surface area contributed by atoms with Crippen LogP contribution in [-0.2, 0) is 22.7 Å². The molecule has 5 rings (SSSR count). The summed E-state index contributed by atoms with van der Waals surface area (Å²) in [6, 6.07) is 6.60. The maximum absolute atomic E-state index is 12.9. The fraction of sp³-hybridized carbons (Fsp3) is 0.500. The number of hydrogen-bond donors (Lipinski definition) is 1. The van der Waals surface area contributed by atoms with Crippen LogP contribution in [0.1, 0.15) is 43.0 Å². The van der Waals surface area contributed by atoms with Gasteiger partial charge in [-0.2, -0.15) is 18.3 Å². The zero-order valence-electron chi connectivity index (χ0n) is 15.9. The lowest BCUT2D eigenvalue weighted by Crippen LogP contribution is -2.34. The van der Waals surface area contributed by atoms with Crippen molar-refractivity contribution in [1.29, 1.82) is 0 Å². The van der Waals surface area contributed by atoms with Crippen molar-refractivity contribution >= 4 is 11.0 Å². The van der Waals surface area contributed by atoms with Gasteiger partial charge in [0.25, 0.3) is 0 Å². The molecule has 1 saturated carbocycles. The smallest absolute Gasteiger partial charge is 0.357 e. The van der Waals surface area contributed by atoms with Crippen LogP contribution in [0, 0.1) is 0 Å². The van der Waals surface area contributed by atoms with Crippen LogP contribution in [0.2, 0.25) is 0 Å². The van der Waals surface area contributed by atoms with E-state index in [4.69, 9.17) is 9.47 Å². The molecule has 1 aliphatic carbocycles. The first-order valence-corrected chi connectivity index (χ1v) is 9.72. The van der Waals surface area contributed by atoms with Gasteiger partial charge in [0, 0.05) is 25.6 Å². The molecule has 0 bridgehead atoms. The molecule has 3 aromatic heterocycles. The normalized spacial score (nSPS) is 20.1. The largest absolute Gasteiger partial charge is 0.435 e. The number of rotatable bonds is 2. The highest BCUT2D eigenvalue weighted by molar-refractivity contribution is 5.79. The minimum absolute atomic E-state index is 0.331. The van der Waals surface area contributed by atoms with Crippen LogP contribution >= 0.6 is 0 Å². The van der Waals surface area contributed by atoms with Gasteiger partial charge in [-0.05, 0) is 43.0 Å². The van der Waals surface area contributed by atoms with Crippen molar-refractivity contribution in [3.05, 3.63) is 35.7 Å². The molecule has 0 unspecified atom stereocenters. The summed E-state index contributed by atoms with van der Waals surface area (Å²) in [6.07, 6.45) is -0.846. The summed E-state index contributed by atoms with van der Waals surface area (Å²) in [7, 11) is 1.49. The number of aryl methyl sites for hydroxylation is 1. The standard InChI is InChI=1S/C20H21F3N4O2/c1-27-17(11-18(26-27)20(21,22)23)14-3-2-13-16(25-14)10-15(24-13)12-4-6-19(7-5-12)28-8-9-29-19/h2-3,10-12,24H,4-9H2,1H3. The number of nitrogens with one attached hydrogen (secondary N) is 1. The van der Waals surface area contributed by atoms with Crippen molar-refractivity contribution in [2.75, 3.05) is 13.2 Å². The second-order valence-electron chi connectivity index (χ2n) is 7.77. The zero-order chi connectivity index (χ0) is 20.2. The summed E-state index contributed by atoms with van der Waals surface area (Å²) in [5.74, 6) is -0.0384. The quantitative estimate of drug-likeness (QED) is 0.686. The lowest BCUT2D eigenvalue weighted by molar-refractivity contribution is -0.178. The second-order valence-corrected chi connectivity index (χ2v) is 7.77. The Kier molecular flexibility index (Phi) is 4.22. The van der Waals surface area contributed by atoms with Crippen molar-refractivity contribution in [2.45, 2.75) is 43.6 Å². The lowest BCUT2D eigenvalue weighted by Gasteiger charge is -2.35. The van der Waals surface area contributed by atoms with Gasteiger partial charge < -0.3 is 14.5 Å². The second kappa shape index (κ2) is 6.56. The third kappa shape index (κ3) is 3.32. The molecular formula is C20H21F3N4O2. The molecule has 29 heavy (non-hydrogen) atoms. The minimum atomic E-state index is -4.48. The molecule has 0 radical (unpaired) electrons. The van der Waals surface area contributed by atoms with Gasteiger partial charge in [-0.1, -0.05) is 0 Å². The van der Waals surface area contributed by atoms with Gasteiger partial charge in [0.05, 0.1) is 35.6 Å². The summed E-state index contributed by atoms with van der Waals surface area (Å²) in [5, 5.41) is 3.57. The van der Waals surface area contributed by atoms with E-state index in [1.807, 2.05) is 12.1 Å². The molecule has 1 saturated heterocycles. The Bertz CT molecular complexity index is 1040. The summed E-state index contributed by atoms with van der Waals surface area (Å²) < 4.78 is 51.7. The monoisotopic (exact) mass is 406 g/mol. The molecule has 2 aliphatic rings. The van der Waals surface area contributed by atoms with Crippen molar-refractivity contribution in [3.63, 3.8) is 0 Å². The molecule has 0 aromatic carbocycles. The molecule has 0 amide bonds. The third-order valence-electron chi connectivity index (χ3n) is 5.93. The maximum Gasteiger partial charge on any atom is 0.435 e. The van der Waals surface area contributed by atoms with Gasteiger partial charge in [0.15, 0.2) is 11.5 Å². The summed E-state index contributed by atoms with van der Waals surface area (Å²) in [5.41, 5.74) is 2.58. The predicted octanol–water partition coefficient (Wildman–Crippen LogP) is 4.38. The van der Waals surface area contributed by atoms with Gasteiger partial charge in [-0.15, -0.1) is 0 Å². The Morgan fingerprint density at radius 2 is 1.86 bits per heavy atom. The van der Waals surface area contributed by atoms with Crippen LogP contribution in [0.5, 0.6) is 0 Å². The number of nitrogens with zero attached hydrogens (tertiary/aromatic N) is 3. The Hall–Kier alpha value is -2.39. The molecule has 4 heterocycles. The van der Waals surface area contributed by atoms with E-state index in [-0.39, 0.29) is 0 Å². The molecule has 9 heteroatoms. The fourth-order valence-electron chi connectivity index (χ4n) is 4.39. The SMILES string of the molecule is Cn1nc(C(F)(F)F)cc1-c1ccc2[nH]c(C3CCC4(CC3)OCCO4)cc2n1. The Balaban J connectivity index is 1.40. The number of aromatic amines is 1. The molecular weight excluding hydrogens is 385 g/mol. The number of aromatic nitrogens is 4. The van der Waals surface area contributed by atoms with Gasteiger partial charge >= 0.3 is 6.18 Å². The highest BCUT2D eigenvalue weighted by Gasteiger charge is 2.41. The van der Waals surface area contributed by atoms with Crippen molar-refractivity contribution in [1.82, 2.24) is 19.7 Å². The number of fused-ring (bicyclic) bond motifs is 1. The number of H-pyrrole nitrogens is 1. The van der Waals surface area contributed by atoms with E-state index in [0.717, 1.165) is 48.5 Å². The Labute approximate surface area is 165 Å². The van der Waals surface area contributed by atoms with E-state index >= 15 is 0 Å². The van der Waals surface area contributed by atoms with E-state index in [2.05, 4.69) is 15.1 Å². The molecule has 1 N–H and O–H groups in total. The molecule has 2 fully saturated rings. The summed E-state index contributed by atoms with van der Waals surface area (Å²) >= 11 is 0. The van der Waals surface area contributed by atoms with Crippen molar-refractivity contribution in [3.8, 4) is 11.4 Å². The number of pyridine rings is 1. The Morgan fingerprint density at radius 1 is 1.14 bits per heavy atom. The van der Waals surface area contributed by atoms with E-state index in [1.165, 1.54) is 11.7 Å². The fourth-order valence-corrected chi connectivity index (χ4v) is 4.39. The van der Waals surface area contributed by atoms with Crippen molar-refractivity contribution in [2.24, 2.45) is 7.05 Å². The van der Waals surface area contributed by atoms with E-state index < -0.39 is 17.7 Å². The minimum Gasteiger partial charge on any atom is -0.357 e. The molecule has 3 aromatic rings. The van der Waals surface area contributed by atoms with E-state index in [9.17, 15) is 13.2 Å². The summed E-state index contributed by atoms with van der Waals surface area (Å²) in [4.78, 5) is 8.00. The van der Waals surface area contributed by atoms with Crippen LogP contribution in [0.25, 0.3) is 22.4 Å². The molecule has 1 spiro atoms. The Morgan fingerprint density at radius 3 is 2.52 bits per heavy atom. The maximum atomic E-state index is 12.9. The van der Waals surface area contributed by atoms with Crippen LogP contribution in [0.3, 0.4) is 0 Å². The number of halogens is 3. The van der Waals surface area contributed by atoms with E-state index in [1.54, 1.807) is 6.07 Å². The van der Waals surface area contributed by atoms with Crippen LogP contribution in [0.15, 0.2) is 24.3 Å². The first-order chi connectivity index (χ1) is 13.8. The first kappa shape index (κ1) is 18.6. The zero-order valence-corrected chi connectivity index (χ0v) is 15.9. The molecule has 154 valence electrons. The van der Waals surface area contributed by atoms with Gasteiger partial charge in [-0.3, -0.25) is 4.68 Å². The molecule has 6 nitrogen and oxygen atoms in total. The average Bonchev–Trinajstić information content (AvgIpc) is 3.40. The van der Waals surface area contributed by atoms with Crippen LogP contribution < -0.4 is 0 Å². The predicted molar refractivity (Wildman–Crippen MR) is 99.1 cm³/mol. The third-order valence-corrected chi connectivity index (χ3v) is 5.93. The molecule has 0 atom stereocenters. The highest BCUT2D eigenvalue weighted by Crippen LogP contribution is 2.42. The van der Waals surface area contributed by atoms with Crippen molar-refractivity contribution < 1.29 is 22.6 Å². The van der Waals surface area contributed by atoms with Gasteiger partial charge in [0.1, 0.15) is 0 Å². The first-order valence-electron chi connectivity index (χ1n) is 9.72.